The Hall–Kier alpha value is -14.1. The molecule has 27 heteroatoms. The van der Waals surface area contributed by atoms with Gasteiger partial charge in [-0.05, 0) is 143 Å². The molecule has 14 aromatic carbocycles. The van der Waals surface area contributed by atoms with Crippen LogP contribution in [0.3, 0.4) is 0 Å². The molecule has 0 amide bonds. The molecule has 1 aliphatic heterocycles. The van der Waals surface area contributed by atoms with E-state index in [4.69, 9.17) is 73.3 Å². The van der Waals surface area contributed by atoms with Gasteiger partial charge in [-0.3, -0.25) is 41.8 Å². The van der Waals surface area contributed by atoms with Crippen LogP contribution in [-0.2, 0) is 84.5 Å². The third-order valence-electron chi connectivity index (χ3n) is 21.3. The number of benzene rings is 14. The van der Waals surface area contributed by atoms with Crippen molar-refractivity contribution in [2.24, 2.45) is 4.99 Å². The molecule has 20 rings (SSSR count). The molecule has 6 heterocycles. The number of aromatic nitrogens is 10. The summed E-state index contributed by atoms with van der Waals surface area (Å²) in [5.74, 6) is 0.373. The zero-order valence-electron chi connectivity index (χ0n) is 81.7. The summed E-state index contributed by atoms with van der Waals surface area (Å²) in [4.78, 5) is 87.1. The van der Waals surface area contributed by atoms with E-state index >= 15 is 0 Å². The molecule has 0 aliphatic carbocycles. The molecule has 0 atom stereocenters. The molecule has 0 radical (unpaired) electrons. The standard InChI is InChI=1S/C17H18Cl2N4O3.C13H17ClN4O3.4C12H10.C11H14ClN3O3.C7H6BrCl.4C6H5.Pd/c1-2-21-14-13(15(25)22(17(21)26)8-3-9-24)23(16(19)20-14)10-11-4-6-12(18)7-5-11;1-3-6-17-9-10(15-12(17)14)16(4-2)13(21)18(11(9)20)7-5-8-19;4*1-3-7-11(8-4-1)12-9-5-2-6-10-12;1-2-14-9-7(6-8(12)13-9)10(17)15(11(14)18)4-3-5-16;8-5-6-1-3-7(9)4-2-6;4*1-2-4-6-5-3-1;/h4-7,24H,2-3,8-10H2,1H3;3,19H,1,4-8H2,2H3;4*1-10H;16H,2-6H2,1H3;1-4H,5H2;4*1-5H;/q;;;;;;;;4*-1;. The molecule has 0 unspecified atom stereocenters. The molecular weight excluding hydrogens is 2100 g/mol. The van der Waals surface area contributed by atoms with Crippen LogP contribution in [0.5, 0.6) is 0 Å². The topological polar surface area (TPSA) is 241 Å². The number of halogens is 6. The van der Waals surface area contributed by atoms with Gasteiger partial charge in [0, 0.05) is 108 Å². The van der Waals surface area contributed by atoms with Gasteiger partial charge in [0.15, 0.2) is 22.3 Å². The van der Waals surface area contributed by atoms with Crippen LogP contribution in [0.1, 0.15) is 56.7 Å². The monoisotopic (exact) mass is 2210 g/mol. The fraction of sp³-hybridized carbons (Fsp3) is 0.158. The first-order valence-corrected chi connectivity index (χ1v) is 50.3. The van der Waals surface area contributed by atoms with Crippen molar-refractivity contribution in [1.29, 1.82) is 0 Å². The molecule has 0 spiro atoms. The zero-order valence-corrected chi connectivity index (χ0v) is 88.6. The smallest absolute Gasteiger partial charge is 0.332 e. The minimum atomic E-state index is -0.462. The van der Waals surface area contributed by atoms with Crippen LogP contribution in [-0.4, -0.2) is 86.8 Å². The number of aliphatic hydroxyl groups excluding tert-OH is 3. The molecule has 20 nitrogen and oxygen atoms in total. The van der Waals surface area contributed by atoms with Crippen LogP contribution in [0, 0.1) is 24.3 Å². The minimum Gasteiger partial charge on any atom is -0.396 e. The normalized spacial score (nSPS) is 10.3. The van der Waals surface area contributed by atoms with Gasteiger partial charge in [0.1, 0.15) is 11.0 Å². The first kappa shape index (κ1) is 118. The summed E-state index contributed by atoms with van der Waals surface area (Å²) in [6.45, 7) is 11.1. The third kappa shape index (κ3) is 38.4. The molecule has 3 N–H and O–H groups in total. The Bertz CT molecular complexity index is 6700. The van der Waals surface area contributed by atoms with Crippen LogP contribution < -0.4 is 33.7 Å². The molecule has 0 saturated carbocycles. The fourth-order valence-electron chi connectivity index (χ4n) is 14.2. The first-order chi connectivity index (χ1) is 71.3. The SMILES string of the molecule is C=CCn1c(Cl)nc2c1c(=O)n(CCCO)c(=O)n2CC.CCn1c(=O)n(CCCO)c(=O)c2c1nc(Cl)n2Cc1ccc(Cl)cc1.CCn1c2c(c(=O)n(CCCO)c1=O)CC(Cl)=N2.Clc1ccc(CBr)cc1.[Pd].[c-]1ccccc1.[c-]1ccccc1.[c-]1ccccc1.[c-]1ccccc1.c1ccc(-c2ccccc2)cc1.c1ccc(-c2ccccc2)cc1.c1ccc(-c2ccccc2)cc1.c1ccc(-c2ccccc2)cc1. The van der Waals surface area contributed by atoms with Gasteiger partial charge in [-0.15, -0.1) is 6.58 Å². The number of hydrogen-bond acceptors (Lipinski definition) is 12. The molecule has 0 fully saturated rings. The second-order valence-electron chi connectivity index (χ2n) is 31.4. The molecule has 760 valence electrons. The number of rotatable bonds is 21. The predicted molar refractivity (Wildman–Crippen MR) is 604 cm³/mol. The first-order valence-electron chi connectivity index (χ1n) is 47.3. The van der Waals surface area contributed by atoms with E-state index in [0.717, 1.165) is 29.6 Å². The van der Waals surface area contributed by atoms with Crippen molar-refractivity contribution in [2.75, 3.05) is 19.8 Å². The molecule has 19 aromatic rings. The van der Waals surface area contributed by atoms with E-state index in [2.05, 4.69) is 256 Å². The Labute approximate surface area is 904 Å². The van der Waals surface area contributed by atoms with Gasteiger partial charge in [0.05, 0.1) is 12.1 Å². The van der Waals surface area contributed by atoms with Gasteiger partial charge in [0.25, 0.3) is 16.7 Å². The number of alkyl halides is 1. The second kappa shape index (κ2) is 67.6. The summed E-state index contributed by atoms with van der Waals surface area (Å²) < 4.78 is 10.7. The van der Waals surface area contributed by atoms with Crippen LogP contribution in [0.2, 0.25) is 20.6 Å². The van der Waals surface area contributed by atoms with Crippen LogP contribution >= 0.6 is 73.9 Å². The zero-order chi connectivity index (χ0) is 104. The van der Waals surface area contributed by atoms with Gasteiger partial charge >= 0.3 is 17.1 Å². The Morgan fingerprint density at radius 3 is 0.823 bits per heavy atom. The second-order valence-corrected chi connectivity index (χ2v) is 33.9. The van der Waals surface area contributed by atoms with Gasteiger partial charge in [-0.1, -0.05) is 324 Å². The van der Waals surface area contributed by atoms with Crippen molar-refractivity contribution in [2.45, 2.75) is 104 Å². The number of imidazole rings is 2. The molecule has 0 saturated heterocycles. The molecule has 0 bridgehead atoms. The number of aliphatic hydroxyl groups is 3. The van der Waals surface area contributed by atoms with E-state index in [9.17, 15) is 28.8 Å². The largest absolute Gasteiger partial charge is 0.396 e. The molecular formula is C120H115BrCl5N11O9Pd-4. The number of aliphatic imine (C=N–C) groups is 1. The predicted octanol–water partition coefficient (Wildman–Crippen LogP) is 25.5. The minimum absolute atomic E-state index is 0. The summed E-state index contributed by atoms with van der Waals surface area (Å²) in [6, 6.07) is 148. The van der Waals surface area contributed by atoms with E-state index in [-0.39, 0.29) is 105 Å². The van der Waals surface area contributed by atoms with E-state index in [1.165, 1.54) is 68.3 Å². The maximum atomic E-state index is 12.9. The molecule has 5 aromatic heterocycles. The van der Waals surface area contributed by atoms with Crippen molar-refractivity contribution in [3.05, 3.63) is 549 Å². The van der Waals surface area contributed by atoms with Crippen molar-refractivity contribution < 1.29 is 35.7 Å². The van der Waals surface area contributed by atoms with Gasteiger partial charge < -0.3 is 24.5 Å². The molecule has 147 heavy (non-hydrogen) atoms. The maximum Gasteiger partial charge on any atom is 0.332 e. The van der Waals surface area contributed by atoms with E-state index < -0.39 is 28.2 Å². The summed E-state index contributed by atoms with van der Waals surface area (Å²) in [5, 5.41) is 29.7. The van der Waals surface area contributed by atoms with E-state index in [1.54, 1.807) is 36.6 Å². The Morgan fingerprint density at radius 2 is 0.578 bits per heavy atom. The number of aryl methyl sites for hydroxylation is 2. The van der Waals surface area contributed by atoms with Crippen molar-refractivity contribution in [3.8, 4) is 44.5 Å². The maximum absolute atomic E-state index is 12.9. The molecule has 1 aliphatic rings. The number of hydrogen-bond donors (Lipinski definition) is 3. The number of allylic oxidation sites excluding steroid dienone is 1. The quantitative estimate of drug-likeness (QED) is 0.0201. The summed E-state index contributed by atoms with van der Waals surface area (Å²) in [6.07, 6.45) is 2.88. The van der Waals surface area contributed by atoms with Crippen molar-refractivity contribution >= 4 is 107 Å². The Kier molecular flexibility index (Phi) is 54.3. The summed E-state index contributed by atoms with van der Waals surface area (Å²) in [7, 11) is 0. The average molecular weight is 2220 g/mol. The average Bonchev–Trinajstić information content (AvgIpc) is 1.56. The van der Waals surface area contributed by atoms with Crippen LogP contribution in [0.4, 0.5) is 5.82 Å². The Morgan fingerprint density at radius 1 is 0.327 bits per heavy atom. The van der Waals surface area contributed by atoms with Crippen LogP contribution in [0.25, 0.3) is 66.8 Å². The third-order valence-corrected chi connectivity index (χ3v) is 23.3. The van der Waals surface area contributed by atoms with E-state index in [1.807, 2.05) is 213 Å². The van der Waals surface area contributed by atoms with E-state index in [0.29, 0.717) is 73.6 Å². The Balaban J connectivity index is 0.000000201. The van der Waals surface area contributed by atoms with Gasteiger partial charge in [-0.25, -0.2) is 19.4 Å². The summed E-state index contributed by atoms with van der Waals surface area (Å²) in [5.41, 5.74) is 11.3. The summed E-state index contributed by atoms with van der Waals surface area (Å²) >= 11 is 33.1. The number of fused-ring (bicyclic) bond motifs is 3. The van der Waals surface area contributed by atoms with Gasteiger partial charge in [-0.2, -0.15) is 156 Å². The van der Waals surface area contributed by atoms with Gasteiger partial charge in [0.2, 0.25) is 10.6 Å². The fourth-order valence-corrected chi connectivity index (χ4v) is 15.5. The van der Waals surface area contributed by atoms with Crippen molar-refractivity contribution in [3.63, 3.8) is 0 Å². The van der Waals surface area contributed by atoms with Crippen molar-refractivity contribution in [1.82, 2.24) is 46.5 Å². The van der Waals surface area contributed by atoms with Crippen LogP contribution in [0.15, 0.2) is 459 Å². The number of nitrogens with zero attached hydrogens (tertiary/aromatic N) is 11.